The summed E-state index contributed by atoms with van der Waals surface area (Å²) in [5, 5.41) is 1.13. The Morgan fingerprint density at radius 3 is 2.32 bits per heavy atom. The number of carbonyl (C=O) groups is 1. The van der Waals surface area contributed by atoms with Crippen LogP contribution >= 0.6 is 11.8 Å². The van der Waals surface area contributed by atoms with Crippen LogP contribution in [0.25, 0.3) is 10.9 Å². The molecule has 1 aromatic heterocycles. The second-order valence-corrected chi connectivity index (χ2v) is 8.03. The molecule has 31 heavy (non-hydrogen) atoms. The molecule has 0 amide bonds. The SMILES string of the molecule is COC(=O)c1ccc2c(=O)n(CCc3ccccc3)c(SCc3ccccc3)nc2c1. The topological polar surface area (TPSA) is 61.2 Å². The van der Waals surface area contributed by atoms with Crippen LogP contribution in [0.3, 0.4) is 0 Å². The van der Waals surface area contributed by atoms with Gasteiger partial charge in [0.1, 0.15) is 0 Å². The molecule has 3 aromatic carbocycles. The van der Waals surface area contributed by atoms with Gasteiger partial charge < -0.3 is 4.74 Å². The molecule has 0 aliphatic heterocycles. The number of benzene rings is 3. The molecular weight excluding hydrogens is 408 g/mol. The fourth-order valence-corrected chi connectivity index (χ4v) is 4.34. The third kappa shape index (κ3) is 4.86. The van der Waals surface area contributed by atoms with E-state index in [2.05, 4.69) is 24.3 Å². The maximum atomic E-state index is 13.3. The predicted molar refractivity (Wildman–Crippen MR) is 123 cm³/mol. The van der Waals surface area contributed by atoms with E-state index in [-0.39, 0.29) is 5.56 Å². The minimum Gasteiger partial charge on any atom is -0.465 e. The van der Waals surface area contributed by atoms with Gasteiger partial charge in [-0.1, -0.05) is 72.4 Å². The van der Waals surface area contributed by atoms with Crippen LogP contribution in [0.15, 0.2) is 88.8 Å². The summed E-state index contributed by atoms with van der Waals surface area (Å²) >= 11 is 1.52. The lowest BCUT2D eigenvalue weighted by Crippen LogP contribution is -2.24. The third-order valence-corrected chi connectivity index (χ3v) is 6.07. The average molecular weight is 431 g/mol. The summed E-state index contributed by atoms with van der Waals surface area (Å²) in [7, 11) is 1.34. The number of thioether (sulfide) groups is 1. The summed E-state index contributed by atoms with van der Waals surface area (Å²) in [6.45, 7) is 0.529. The van der Waals surface area contributed by atoms with Crippen molar-refractivity contribution in [2.24, 2.45) is 0 Å². The van der Waals surface area contributed by atoms with Crippen molar-refractivity contribution in [2.45, 2.75) is 23.9 Å². The van der Waals surface area contributed by atoms with E-state index in [0.29, 0.717) is 33.9 Å². The van der Waals surface area contributed by atoms with E-state index in [0.717, 1.165) is 17.5 Å². The highest BCUT2D eigenvalue weighted by Crippen LogP contribution is 2.23. The zero-order valence-electron chi connectivity index (χ0n) is 17.2. The minimum absolute atomic E-state index is 0.104. The van der Waals surface area contributed by atoms with Gasteiger partial charge in [0.2, 0.25) is 0 Å². The third-order valence-electron chi connectivity index (χ3n) is 5.02. The van der Waals surface area contributed by atoms with Crippen molar-refractivity contribution in [1.82, 2.24) is 9.55 Å². The predicted octanol–water partition coefficient (Wildman–Crippen LogP) is 4.72. The molecule has 0 unspecified atom stereocenters. The van der Waals surface area contributed by atoms with Gasteiger partial charge in [-0.25, -0.2) is 9.78 Å². The molecule has 0 saturated heterocycles. The van der Waals surface area contributed by atoms with E-state index in [4.69, 9.17) is 9.72 Å². The van der Waals surface area contributed by atoms with Crippen LogP contribution in [0.5, 0.6) is 0 Å². The number of aromatic nitrogens is 2. The zero-order chi connectivity index (χ0) is 21.6. The summed E-state index contributed by atoms with van der Waals surface area (Å²) in [5.41, 5.74) is 3.09. The molecule has 0 atom stereocenters. The molecule has 5 nitrogen and oxygen atoms in total. The van der Waals surface area contributed by atoms with Gasteiger partial charge >= 0.3 is 5.97 Å². The van der Waals surface area contributed by atoms with Gasteiger partial charge in [-0.3, -0.25) is 9.36 Å². The van der Waals surface area contributed by atoms with E-state index in [1.54, 1.807) is 22.8 Å². The van der Waals surface area contributed by atoms with E-state index in [1.165, 1.54) is 18.9 Å². The molecule has 156 valence electrons. The van der Waals surface area contributed by atoms with Gasteiger partial charge in [-0.05, 0) is 35.7 Å². The van der Waals surface area contributed by atoms with Crippen LogP contribution < -0.4 is 5.56 Å². The van der Waals surface area contributed by atoms with Gasteiger partial charge in [-0.2, -0.15) is 0 Å². The Kier molecular flexibility index (Phi) is 6.48. The largest absolute Gasteiger partial charge is 0.465 e. The maximum Gasteiger partial charge on any atom is 0.337 e. The lowest BCUT2D eigenvalue weighted by atomic mass is 10.1. The summed E-state index contributed by atoms with van der Waals surface area (Å²) in [6, 6.07) is 25.0. The quantitative estimate of drug-likeness (QED) is 0.241. The van der Waals surface area contributed by atoms with Crippen LogP contribution in [0.4, 0.5) is 0 Å². The van der Waals surface area contributed by atoms with Gasteiger partial charge in [-0.15, -0.1) is 0 Å². The van der Waals surface area contributed by atoms with Crippen molar-refractivity contribution in [1.29, 1.82) is 0 Å². The van der Waals surface area contributed by atoms with Crippen LogP contribution in [-0.4, -0.2) is 22.6 Å². The normalized spacial score (nSPS) is 10.9. The molecule has 0 aliphatic rings. The lowest BCUT2D eigenvalue weighted by molar-refractivity contribution is 0.0601. The number of hydrogen-bond acceptors (Lipinski definition) is 5. The number of ether oxygens (including phenoxy) is 1. The van der Waals surface area contributed by atoms with Crippen LogP contribution in [-0.2, 0) is 23.5 Å². The number of fused-ring (bicyclic) bond motifs is 1. The van der Waals surface area contributed by atoms with Crippen molar-refractivity contribution in [3.05, 3.63) is 106 Å². The smallest absolute Gasteiger partial charge is 0.337 e. The second kappa shape index (κ2) is 9.62. The van der Waals surface area contributed by atoms with E-state index in [9.17, 15) is 9.59 Å². The van der Waals surface area contributed by atoms with Crippen LogP contribution in [0.2, 0.25) is 0 Å². The highest BCUT2D eigenvalue weighted by atomic mass is 32.2. The Labute approximate surface area is 184 Å². The fourth-order valence-electron chi connectivity index (χ4n) is 3.36. The van der Waals surface area contributed by atoms with Crippen molar-refractivity contribution >= 4 is 28.6 Å². The van der Waals surface area contributed by atoms with Gasteiger partial charge in [0.25, 0.3) is 5.56 Å². The van der Waals surface area contributed by atoms with E-state index >= 15 is 0 Å². The first-order valence-corrected chi connectivity index (χ1v) is 11.0. The first-order chi connectivity index (χ1) is 15.2. The Morgan fingerprint density at radius 2 is 1.65 bits per heavy atom. The van der Waals surface area contributed by atoms with E-state index in [1.807, 2.05) is 36.4 Å². The monoisotopic (exact) mass is 430 g/mol. The summed E-state index contributed by atoms with van der Waals surface area (Å²) in [4.78, 5) is 30.0. The molecule has 0 spiro atoms. The Morgan fingerprint density at radius 1 is 0.968 bits per heavy atom. The van der Waals surface area contributed by atoms with E-state index < -0.39 is 5.97 Å². The Hall–Kier alpha value is -3.38. The van der Waals surface area contributed by atoms with Crippen molar-refractivity contribution < 1.29 is 9.53 Å². The number of methoxy groups -OCH3 is 1. The van der Waals surface area contributed by atoms with Gasteiger partial charge in [0.15, 0.2) is 5.16 Å². The summed E-state index contributed by atoms with van der Waals surface area (Å²) in [6.07, 6.45) is 0.729. The van der Waals surface area contributed by atoms with Crippen molar-refractivity contribution in [3.63, 3.8) is 0 Å². The number of aryl methyl sites for hydroxylation is 1. The number of carbonyl (C=O) groups excluding carboxylic acids is 1. The number of rotatable bonds is 7. The van der Waals surface area contributed by atoms with Crippen molar-refractivity contribution in [2.75, 3.05) is 7.11 Å². The molecular formula is C25H22N2O3S. The number of esters is 1. The number of nitrogens with zero attached hydrogens (tertiary/aromatic N) is 2. The molecule has 0 fully saturated rings. The molecule has 0 radical (unpaired) electrons. The molecule has 1 heterocycles. The Balaban J connectivity index is 1.73. The molecule has 0 saturated carbocycles. The lowest BCUT2D eigenvalue weighted by Gasteiger charge is -2.14. The minimum atomic E-state index is -0.449. The van der Waals surface area contributed by atoms with Crippen LogP contribution in [0.1, 0.15) is 21.5 Å². The first kappa shape index (κ1) is 20.9. The van der Waals surface area contributed by atoms with Gasteiger partial charge in [0.05, 0.1) is 23.6 Å². The zero-order valence-corrected chi connectivity index (χ0v) is 18.0. The summed E-state index contributed by atoms with van der Waals surface area (Å²) < 4.78 is 6.54. The highest BCUT2D eigenvalue weighted by molar-refractivity contribution is 7.98. The molecule has 4 aromatic rings. The molecule has 6 heteroatoms. The van der Waals surface area contributed by atoms with Gasteiger partial charge in [0, 0.05) is 12.3 Å². The molecule has 0 N–H and O–H groups in total. The second-order valence-electron chi connectivity index (χ2n) is 7.08. The average Bonchev–Trinajstić information content (AvgIpc) is 2.82. The molecule has 4 rings (SSSR count). The van der Waals surface area contributed by atoms with Crippen LogP contribution in [0, 0.1) is 0 Å². The summed E-state index contributed by atoms with van der Waals surface area (Å²) in [5.74, 6) is 0.247. The fraction of sp³-hybridized carbons (Fsp3) is 0.160. The maximum absolute atomic E-state index is 13.3. The Bertz CT molecular complexity index is 1250. The molecule has 0 bridgehead atoms. The number of hydrogen-bond donors (Lipinski definition) is 0. The molecule has 0 aliphatic carbocycles. The first-order valence-electron chi connectivity index (χ1n) is 9.99. The van der Waals surface area contributed by atoms with Crippen molar-refractivity contribution in [3.8, 4) is 0 Å². The highest BCUT2D eigenvalue weighted by Gasteiger charge is 2.14. The standard InChI is InChI=1S/C25H22N2O3S/c1-30-24(29)20-12-13-21-22(16-20)26-25(31-17-19-10-6-3-7-11-19)27(23(21)28)15-14-18-8-4-2-5-9-18/h2-13,16H,14-15,17H2,1H3.